The summed E-state index contributed by atoms with van der Waals surface area (Å²) in [4.78, 5) is 35.6. The number of hydrogen-bond donors (Lipinski definition) is 0. The van der Waals surface area contributed by atoms with Crippen molar-refractivity contribution in [2.45, 2.75) is 0 Å². The fraction of sp³-hybridized carbons (Fsp3) is 0.182. The number of aromatic nitrogens is 2. The predicted molar refractivity (Wildman–Crippen MR) is 77.4 cm³/mol. The van der Waals surface area contributed by atoms with Gasteiger partial charge in [0.1, 0.15) is 5.56 Å². The topological polar surface area (TPSA) is 61.1 Å². The molecule has 2 aromatic heterocycles. The summed E-state index contributed by atoms with van der Waals surface area (Å²) < 4.78 is 3.13. The van der Waals surface area contributed by atoms with E-state index in [4.69, 9.17) is 0 Å². The van der Waals surface area contributed by atoms with Crippen LogP contribution in [0.2, 0.25) is 0 Å². The normalized spacial score (nSPS) is 10.6. The number of hydrogen-bond acceptors (Lipinski definition) is 4. The predicted octanol–water partition coefficient (Wildman–Crippen LogP) is 0.981. The standard InChI is InChI=1S/C11H9IN2O3S/c1-13-4-7(10(16)14(2)11(13)17)9(15)6-3-8(12)18-5-6/h3-5H,1-2H3. The summed E-state index contributed by atoms with van der Waals surface area (Å²) in [5.41, 5.74) is -0.533. The maximum atomic E-state index is 12.2. The lowest BCUT2D eigenvalue weighted by Gasteiger charge is -2.04. The molecule has 18 heavy (non-hydrogen) atoms. The van der Waals surface area contributed by atoms with E-state index in [9.17, 15) is 14.4 Å². The Morgan fingerprint density at radius 3 is 2.56 bits per heavy atom. The maximum Gasteiger partial charge on any atom is 0.330 e. The quantitative estimate of drug-likeness (QED) is 0.580. The average molecular weight is 376 g/mol. The van der Waals surface area contributed by atoms with Crippen LogP contribution in [0.1, 0.15) is 15.9 Å². The second-order valence-electron chi connectivity index (χ2n) is 3.77. The number of halogens is 1. The Balaban J connectivity index is 2.63. The first kappa shape index (κ1) is 13.2. The van der Waals surface area contributed by atoms with Crippen molar-refractivity contribution in [3.8, 4) is 0 Å². The van der Waals surface area contributed by atoms with Crippen molar-refractivity contribution in [1.29, 1.82) is 0 Å². The van der Waals surface area contributed by atoms with Crippen LogP contribution in [-0.2, 0) is 14.1 Å². The summed E-state index contributed by atoms with van der Waals surface area (Å²) in [6.45, 7) is 0. The molecular weight excluding hydrogens is 367 g/mol. The van der Waals surface area contributed by atoms with E-state index in [1.165, 1.54) is 36.2 Å². The van der Waals surface area contributed by atoms with Crippen LogP contribution in [0.25, 0.3) is 0 Å². The van der Waals surface area contributed by atoms with Crippen molar-refractivity contribution >= 4 is 39.7 Å². The molecule has 0 bridgehead atoms. The van der Waals surface area contributed by atoms with Crippen LogP contribution in [0.4, 0.5) is 0 Å². The Morgan fingerprint density at radius 1 is 1.33 bits per heavy atom. The molecule has 0 aromatic carbocycles. The van der Waals surface area contributed by atoms with Gasteiger partial charge in [0.25, 0.3) is 5.56 Å². The van der Waals surface area contributed by atoms with E-state index in [0.29, 0.717) is 5.56 Å². The molecule has 7 heteroatoms. The van der Waals surface area contributed by atoms with Gasteiger partial charge in [0.05, 0.1) is 2.88 Å². The molecule has 94 valence electrons. The van der Waals surface area contributed by atoms with Gasteiger partial charge in [0.15, 0.2) is 0 Å². The fourth-order valence-corrected chi connectivity index (χ4v) is 2.88. The number of thiophene rings is 1. The van der Waals surface area contributed by atoms with Gasteiger partial charge < -0.3 is 4.57 Å². The number of nitrogens with zero attached hydrogens (tertiary/aromatic N) is 2. The van der Waals surface area contributed by atoms with E-state index in [-0.39, 0.29) is 11.3 Å². The van der Waals surface area contributed by atoms with Crippen LogP contribution in [0, 0.1) is 2.88 Å². The third-order valence-electron chi connectivity index (χ3n) is 2.52. The largest absolute Gasteiger partial charge is 0.330 e. The van der Waals surface area contributed by atoms with Gasteiger partial charge >= 0.3 is 5.69 Å². The molecule has 2 aromatic rings. The number of aryl methyl sites for hydroxylation is 1. The molecule has 0 saturated heterocycles. The van der Waals surface area contributed by atoms with Crippen LogP contribution in [-0.4, -0.2) is 14.9 Å². The molecule has 0 aliphatic carbocycles. The first-order valence-electron chi connectivity index (χ1n) is 4.97. The first-order chi connectivity index (χ1) is 8.41. The highest BCUT2D eigenvalue weighted by Crippen LogP contribution is 2.18. The summed E-state index contributed by atoms with van der Waals surface area (Å²) in [6, 6.07) is 1.72. The molecule has 5 nitrogen and oxygen atoms in total. The summed E-state index contributed by atoms with van der Waals surface area (Å²) >= 11 is 3.54. The van der Waals surface area contributed by atoms with E-state index < -0.39 is 11.2 Å². The number of carbonyl (C=O) groups excluding carboxylic acids is 1. The van der Waals surface area contributed by atoms with Gasteiger partial charge in [-0.25, -0.2) is 4.79 Å². The lowest BCUT2D eigenvalue weighted by atomic mass is 10.1. The van der Waals surface area contributed by atoms with Crippen molar-refractivity contribution in [3.05, 3.63) is 52.5 Å². The smallest absolute Gasteiger partial charge is 0.303 e. The summed E-state index contributed by atoms with van der Waals surface area (Å²) in [6.07, 6.45) is 1.29. The molecular formula is C11H9IN2O3S. The minimum atomic E-state index is -0.565. The van der Waals surface area contributed by atoms with E-state index >= 15 is 0 Å². The molecule has 0 aliphatic rings. The Kier molecular flexibility index (Phi) is 3.53. The maximum absolute atomic E-state index is 12.2. The lowest BCUT2D eigenvalue weighted by molar-refractivity contribution is 0.103. The van der Waals surface area contributed by atoms with Crippen LogP contribution < -0.4 is 11.2 Å². The highest BCUT2D eigenvalue weighted by atomic mass is 127. The van der Waals surface area contributed by atoms with Crippen molar-refractivity contribution in [1.82, 2.24) is 9.13 Å². The number of rotatable bonds is 2. The zero-order valence-electron chi connectivity index (χ0n) is 9.64. The average Bonchev–Trinajstić information content (AvgIpc) is 2.77. The summed E-state index contributed by atoms with van der Waals surface area (Å²) in [5, 5.41) is 1.70. The van der Waals surface area contributed by atoms with Crippen molar-refractivity contribution in [3.63, 3.8) is 0 Å². The van der Waals surface area contributed by atoms with Gasteiger partial charge in [0, 0.05) is 31.2 Å². The van der Waals surface area contributed by atoms with Crippen molar-refractivity contribution < 1.29 is 4.79 Å². The monoisotopic (exact) mass is 376 g/mol. The summed E-state index contributed by atoms with van der Waals surface area (Å²) in [5.74, 6) is -0.356. The van der Waals surface area contributed by atoms with Crippen LogP contribution in [0.3, 0.4) is 0 Å². The zero-order chi connectivity index (χ0) is 13.4. The molecule has 0 amide bonds. The molecule has 0 radical (unpaired) electrons. The van der Waals surface area contributed by atoms with Crippen molar-refractivity contribution in [2.24, 2.45) is 14.1 Å². The van der Waals surface area contributed by atoms with Crippen LogP contribution >= 0.6 is 33.9 Å². The van der Waals surface area contributed by atoms with Gasteiger partial charge in [-0.3, -0.25) is 14.2 Å². The minimum Gasteiger partial charge on any atom is -0.303 e. The zero-order valence-corrected chi connectivity index (χ0v) is 12.6. The number of ketones is 1. The van der Waals surface area contributed by atoms with Crippen LogP contribution in [0.5, 0.6) is 0 Å². The van der Waals surface area contributed by atoms with E-state index in [1.807, 2.05) is 0 Å². The summed E-state index contributed by atoms with van der Waals surface area (Å²) in [7, 11) is 2.87. The Morgan fingerprint density at radius 2 is 2.00 bits per heavy atom. The Labute approximate surface area is 120 Å². The van der Waals surface area contributed by atoms with Gasteiger partial charge in [-0.1, -0.05) is 0 Å². The van der Waals surface area contributed by atoms with Gasteiger partial charge in [0.2, 0.25) is 5.78 Å². The molecule has 2 heterocycles. The SMILES string of the molecule is Cn1cc(C(=O)c2csc(I)c2)c(=O)n(C)c1=O. The highest BCUT2D eigenvalue weighted by Gasteiger charge is 2.17. The van der Waals surface area contributed by atoms with Gasteiger partial charge in [-0.15, -0.1) is 11.3 Å². The Bertz CT molecular complexity index is 741. The Hall–Kier alpha value is -1.22. The molecule has 0 fully saturated rings. The van der Waals surface area contributed by atoms with Crippen LogP contribution in [0.15, 0.2) is 27.2 Å². The molecule has 0 N–H and O–H groups in total. The third-order valence-corrected chi connectivity index (χ3v) is 4.31. The first-order valence-corrected chi connectivity index (χ1v) is 6.93. The lowest BCUT2D eigenvalue weighted by Crippen LogP contribution is -2.39. The molecule has 0 saturated carbocycles. The highest BCUT2D eigenvalue weighted by molar-refractivity contribution is 14.1. The second-order valence-corrected chi connectivity index (χ2v) is 6.57. The van der Waals surface area contributed by atoms with E-state index in [0.717, 1.165) is 7.45 Å². The van der Waals surface area contributed by atoms with E-state index in [2.05, 4.69) is 22.6 Å². The van der Waals surface area contributed by atoms with Crippen molar-refractivity contribution in [2.75, 3.05) is 0 Å². The fourth-order valence-electron chi connectivity index (χ4n) is 1.55. The van der Waals surface area contributed by atoms with Gasteiger partial charge in [-0.05, 0) is 28.7 Å². The minimum absolute atomic E-state index is 0.00815. The van der Waals surface area contributed by atoms with Gasteiger partial charge in [-0.2, -0.15) is 0 Å². The second kappa shape index (κ2) is 4.81. The molecule has 0 atom stereocenters. The number of carbonyl (C=O) groups is 1. The molecule has 0 spiro atoms. The van der Waals surface area contributed by atoms with E-state index in [1.54, 1.807) is 11.4 Å². The molecule has 0 aliphatic heterocycles. The third kappa shape index (κ3) is 2.19. The molecule has 2 rings (SSSR count). The molecule has 0 unspecified atom stereocenters.